The van der Waals surface area contributed by atoms with Gasteiger partial charge in [-0.3, -0.25) is 0 Å². The van der Waals surface area contributed by atoms with Crippen LogP contribution in [0.5, 0.6) is 0 Å². The van der Waals surface area contributed by atoms with Gasteiger partial charge in [0.15, 0.2) is 0 Å². The van der Waals surface area contributed by atoms with Gasteiger partial charge in [-0.2, -0.15) is 17.5 Å². The minimum absolute atomic E-state index is 0.00536. The maximum Gasteiger partial charge on any atom is 0.416 e. The summed E-state index contributed by atoms with van der Waals surface area (Å²) in [5.41, 5.74) is -1.07. The molecule has 1 rings (SSSR count). The van der Waals surface area contributed by atoms with Crippen LogP contribution >= 0.6 is 11.6 Å². The highest BCUT2D eigenvalue weighted by Gasteiger charge is 2.33. The Kier molecular flexibility index (Phi) is 5.42. The molecule has 0 saturated carbocycles. The first-order chi connectivity index (χ1) is 9.10. The summed E-state index contributed by atoms with van der Waals surface area (Å²) < 4.78 is 67.8. The van der Waals surface area contributed by atoms with Gasteiger partial charge >= 0.3 is 6.18 Å². The second-order valence-corrected chi connectivity index (χ2v) is 6.38. The zero-order valence-electron chi connectivity index (χ0n) is 10.7. The summed E-state index contributed by atoms with van der Waals surface area (Å²) in [5, 5.41) is -0.262. The number of likely N-dealkylation sites (N-methyl/N-ethyl adjacent to an activating group) is 1. The Morgan fingerprint density at radius 1 is 1.35 bits per heavy atom. The van der Waals surface area contributed by atoms with Crippen LogP contribution < -0.4 is 0 Å². The molecule has 20 heavy (non-hydrogen) atoms. The summed E-state index contributed by atoms with van der Waals surface area (Å²) in [5.74, 6) is 0. The second-order valence-electron chi connectivity index (χ2n) is 3.96. The minimum Gasteiger partial charge on any atom is -0.383 e. The number of ether oxygens (including phenoxy) is 1. The molecule has 4 nitrogen and oxygen atoms in total. The topological polar surface area (TPSA) is 46.6 Å². The minimum atomic E-state index is -4.64. The number of methoxy groups -OCH3 is 1. The molecule has 0 fully saturated rings. The fraction of sp³-hybridized carbons (Fsp3) is 0.455. The zero-order valence-corrected chi connectivity index (χ0v) is 12.3. The molecule has 0 unspecified atom stereocenters. The Bertz CT molecular complexity index is 575. The number of hydrogen-bond acceptors (Lipinski definition) is 3. The quantitative estimate of drug-likeness (QED) is 0.833. The molecule has 0 aromatic heterocycles. The van der Waals surface area contributed by atoms with Gasteiger partial charge in [0.25, 0.3) is 0 Å². The van der Waals surface area contributed by atoms with Gasteiger partial charge in [-0.05, 0) is 18.2 Å². The highest BCUT2D eigenvalue weighted by molar-refractivity contribution is 7.89. The van der Waals surface area contributed by atoms with Crippen molar-refractivity contribution in [3.8, 4) is 0 Å². The van der Waals surface area contributed by atoms with Crippen LogP contribution in [0, 0.1) is 0 Å². The van der Waals surface area contributed by atoms with Crippen LogP contribution in [0.15, 0.2) is 23.1 Å². The van der Waals surface area contributed by atoms with E-state index in [0.29, 0.717) is 6.07 Å². The van der Waals surface area contributed by atoms with E-state index in [9.17, 15) is 21.6 Å². The van der Waals surface area contributed by atoms with Crippen molar-refractivity contribution in [3.05, 3.63) is 28.8 Å². The summed E-state index contributed by atoms with van der Waals surface area (Å²) in [6.45, 7) is 0.123. The fourth-order valence-corrected chi connectivity index (χ4v) is 3.04. The highest BCUT2D eigenvalue weighted by Crippen LogP contribution is 2.34. The van der Waals surface area contributed by atoms with Gasteiger partial charge in [0.1, 0.15) is 4.90 Å². The number of hydrogen-bond donors (Lipinski definition) is 0. The van der Waals surface area contributed by atoms with Gasteiger partial charge in [-0.15, -0.1) is 0 Å². The Morgan fingerprint density at radius 3 is 2.45 bits per heavy atom. The van der Waals surface area contributed by atoms with Gasteiger partial charge in [0, 0.05) is 20.7 Å². The standard InChI is InChI=1S/C11H13ClF3NO3S/c1-16(5-6-19-2)20(17,18)10-7-8(11(13,14)15)3-4-9(10)12/h3-4,7H,5-6H2,1-2H3. The van der Waals surface area contributed by atoms with Gasteiger partial charge in [-0.1, -0.05) is 11.6 Å². The van der Waals surface area contributed by atoms with Crippen molar-refractivity contribution in [3.63, 3.8) is 0 Å². The third-order valence-electron chi connectivity index (χ3n) is 2.56. The van der Waals surface area contributed by atoms with E-state index >= 15 is 0 Å². The maximum absolute atomic E-state index is 12.6. The van der Waals surface area contributed by atoms with E-state index in [4.69, 9.17) is 16.3 Å². The molecule has 0 spiro atoms. The first-order valence-corrected chi connectivity index (χ1v) is 7.24. The lowest BCUT2D eigenvalue weighted by Crippen LogP contribution is -2.30. The van der Waals surface area contributed by atoms with Crippen molar-refractivity contribution in [2.24, 2.45) is 0 Å². The molecule has 0 saturated heterocycles. The molecule has 0 amide bonds. The predicted molar refractivity (Wildman–Crippen MR) is 68.1 cm³/mol. The lowest BCUT2D eigenvalue weighted by Gasteiger charge is -2.18. The van der Waals surface area contributed by atoms with Gasteiger partial charge in [0.2, 0.25) is 10.0 Å². The molecular weight excluding hydrogens is 319 g/mol. The maximum atomic E-state index is 12.6. The molecule has 9 heteroatoms. The van der Waals surface area contributed by atoms with E-state index in [0.717, 1.165) is 16.4 Å². The van der Waals surface area contributed by atoms with Crippen molar-refractivity contribution in [1.82, 2.24) is 4.31 Å². The molecular formula is C11H13ClF3NO3S. The Hall–Kier alpha value is -0.830. The third-order valence-corrected chi connectivity index (χ3v) is 4.90. The summed E-state index contributed by atoms with van der Waals surface area (Å²) in [7, 11) is -1.48. The molecule has 1 aromatic carbocycles. The first-order valence-electron chi connectivity index (χ1n) is 5.42. The van der Waals surface area contributed by atoms with Crippen molar-refractivity contribution in [2.45, 2.75) is 11.1 Å². The molecule has 0 bridgehead atoms. The Balaban J connectivity index is 3.24. The fourth-order valence-electron chi connectivity index (χ4n) is 1.39. The lowest BCUT2D eigenvalue weighted by atomic mass is 10.2. The smallest absolute Gasteiger partial charge is 0.383 e. The molecule has 114 valence electrons. The van der Waals surface area contributed by atoms with Crippen LogP contribution in [0.4, 0.5) is 13.2 Å². The van der Waals surface area contributed by atoms with E-state index in [1.165, 1.54) is 14.2 Å². The van der Waals surface area contributed by atoms with E-state index in [2.05, 4.69) is 0 Å². The van der Waals surface area contributed by atoms with Gasteiger partial charge < -0.3 is 4.74 Å². The molecule has 0 aliphatic carbocycles. The Morgan fingerprint density at radius 2 is 1.95 bits per heavy atom. The monoisotopic (exact) mass is 331 g/mol. The van der Waals surface area contributed by atoms with Crippen molar-refractivity contribution in [2.75, 3.05) is 27.3 Å². The molecule has 1 aromatic rings. The molecule has 0 atom stereocenters. The largest absolute Gasteiger partial charge is 0.416 e. The van der Waals surface area contributed by atoms with Crippen LogP contribution in [-0.2, 0) is 20.9 Å². The number of benzene rings is 1. The van der Waals surface area contributed by atoms with Crippen molar-refractivity contribution >= 4 is 21.6 Å². The summed E-state index contributed by atoms with van der Waals surface area (Å²) >= 11 is 5.70. The molecule has 0 aliphatic heterocycles. The number of sulfonamides is 1. The van der Waals surface area contributed by atoms with Crippen LogP contribution in [0.2, 0.25) is 5.02 Å². The van der Waals surface area contributed by atoms with Crippen molar-refractivity contribution in [1.29, 1.82) is 0 Å². The normalized spacial score (nSPS) is 12.9. The van der Waals surface area contributed by atoms with Gasteiger partial charge in [0.05, 0.1) is 17.2 Å². The average Bonchev–Trinajstić information content (AvgIpc) is 2.34. The van der Waals surface area contributed by atoms with E-state index < -0.39 is 26.7 Å². The van der Waals surface area contributed by atoms with Crippen LogP contribution in [0.25, 0.3) is 0 Å². The van der Waals surface area contributed by atoms with E-state index in [1.54, 1.807) is 0 Å². The molecule has 0 N–H and O–H groups in total. The lowest BCUT2D eigenvalue weighted by molar-refractivity contribution is -0.137. The van der Waals surface area contributed by atoms with Gasteiger partial charge in [-0.25, -0.2) is 8.42 Å². The number of alkyl halides is 3. The zero-order chi connectivity index (χ0) is 15.6. The third kappa shape index (κ3) is 3.85. The summed E-state index contributed by atoms with van der Waals surface area (Å²) in [6, 6.07) is 2.18. The van der Waals surface area contributed by atoms with Crippen molar-refractivity contribution < 1.29 is 26.3 Å². The second kappa shape index (κ2) is 6.30. The predicted octanol–water partition coefficient (Wildman–Crippen LogP) is 2.63. The molecule has 0 heterocycles. The number of halogens is 4. The SMILES string of the molecule is COCCN(C)S(=O)(=O)c1cc(C(F)(F)F)ccc1Cl. The summed E-state index contributed by atoms with van der Waals surface area (Å²) in [4.78, 5) is -0.576. The van der Waals surface area contributed by atoms with Crippen LogP contribution in [0.1, 0.15) is 5.56 Å². The Labute approximate surface area is 120 Å². The molecule has 0 radical (unpaired) electrons. The van der Waals surface area contributed by atoms with E-state index in [-0.39, 0.29) is 18.2 Å². The highest BCUT2D eigenvalue weighted by atomic mass is 35.5. The van der Waals surface area contributed by atoms with Crippen LogP contribution in [-0.4, -0.2) is 40.0 Å². The number of nitrogens with zero attached hydrogens (tertiary/aromatic N) is 1. The summed E-state index contributed by atoms with van der Waals surface area (Å²) in [6.07, 6.45) is -4.64. The first kappa shape index (κ1) is 17.2. The van der Waals surface area contributed by atoms with E-state index in [1.807, 2.05) is 0 Å². The number of rotatable bonds is 5. The average molecular weight is 332 g/mol. The van der Waals surface area contributed by atoms with Crippen LogP contribution in [0.3, 0.4) is 0 Å². The molecule has 0 aliphatic rings.